The van der Waals surface area contributed by atoms with E-state index in [1.165, 1.54) is 0 Å². The fourth-order valence-electron chi connectivity index (χ4n) is 4.20. The smallest absolute Gasteiger partial charge is 0.164 e. The molecule has 2 aromatic heterocycles. The minimum atomic E-state index is -0.330. The quantitative estimate of drug-likeness (QED) is 0.378. The summed E-state index contributed by atoms with van der Waals surface area (Å²) in [5.41, 5.74) is 3.74. The van der Waals surface area contributed by atoms with Gasteiger partial charge in [-0.15, -0.1) is 0 Å². The van der Waals surface area contributed by atoms with Crippen LogP contribution in [0.1, 0.15) is 28.3 Å². The SMILES string of the molecule is COc1cc(Cl)cnc1CC(c1ccc(C)c(OC)c1OC)c1ccc2cccnc2c1O. The van der Waals surface area contributed by atoms with Crippen molar-refractivity contribution in [2.45, 2.75) is 19.3 Å². The number of ether oxygens (including phenoxy) is 3. The Morgan fingerprint density at radius 1 is 0.939 bits per heavy atom. The number of aromatic nitrogens is 2. The van der Waals surface area contributed by atoms with Gasteiger partial charge in [0.25, 0.3) is 0 Å². The Hall–Kier alpha value is -3.51. The number of rotatable bonds is 7. The summed E-state index contributed by atoms with van der Waals surface area (Å²) in [6.07, 6.45) is 3.68. The van der Waals surface area contributed by atoms with E-state index in [1.807, 2.05) is 43.3 Å². The summed E-state index contributed by atoms with van der Waals surface area (Å²) >= 11 is 6.13. The van der Waals surface area contributed by atoms with Crippen LogP contribution in [0.15, 0.2) is 54.9 Å². The molecule has 2 aromatic carbocycles. The summed E-state index contributed by atoms with van der Waals surface area (Å²) in [4.78, 5) is 8.92. The fourth-order valence-corrected chi connectivity index (χ4v) is 4.35. The number of aryl methyl sites for hydroxylation is 1. The molecule has 0 aliphatic carbocycles. The molecule has 1 unspecified atom stereocenters. The van der Waals surface area contributed by atoms with Crippen molar-refractivity contribution in [3.63, 3.8) is 0 Å². The van der Waals surface area contributed by atoms with Crippen LogP contribution in [0.25, 0.3) is 10.9 Å². The zero-order chi connectivity index (χ0) is 23.5. The van der Waals surface area contributed by atoms with Crippen molar-refractivity contribution in [2.24, 2.45) is 0 Å². The molecular formula is C26H25ClN2O4. The van der Waals surface area contributed by atoms with Gasteiger partial charge >= 0.3 is 0 Å². The Kier molecular flexibility index (Phi) is 6.56. The summed E-state index contributed by atoms with van der Waals surface area (Å²) in [6.45, 7) is 1.96. The Morgan fingerprint density at radius 2 is 1.70 bits per heavy atom. The van der Waals surface area contributed by atoms with E-state index >= 15 is 0 Å². The average molecular weight is 465 g/mol. The van der Waals surface area contributed by atoms with Crippen LogP contribution in [-0.2, 0) is 6.42 Å². The normalized spacial score (nSPS) is 11.9. The van der Waals surface area contributed by atoms with Crippen molar-refractivity contribution in [2.75, 3.05) is 21.3 Å². The molecule has 0 amide bonds. The molecule has 0 aliphatic heterocycles. The third-order valence-electron chi connectivity index (χ3n) is 5.79. The minimum Gasteiger partial charge on any atom is -0.505 e. The number of phenols is 1. The molecule has 33 heavy (non-hydrogen) atoms. The number of phenolic OH excluding ortho intramolecular Hbond substituents is 1. The third-order valence-corrected chi connectivity index (χ3v) is 6.00. The maximum Gasteiger partial charge on any atom is 0.164 e. The van der Waals surface area contributed by atoms with Gasteiger partial charge in [-0.1, -0.05) is 41.9 Å². The molecule has 0 aliphatic rings. The van der Waals surface area contributed by atoms with Crippen molar-refractivity contribution in [1.29, 1.82) is 0 Å². The van der Waals surface area contributed by atoms with E-state index in [0.29, 0.717) is 45.5 Å². The lowest BCUT2D eigenvalue weighted by atomic mass is 9.84. The number of methoxy groups -OCH3 is 3. The Morgan fingerprint density at radius 3 is 2.42 bits per heavy atom. The second-order valence-electron chi connectivity index (χ2n) is 7.68. The van der Waals surface area contributed by atoms with Crippen LogP contribution in [0.4, 0.5) is 0 Å². The highest BCUT2D eigenvalue weighted by Crippen LogP contribution is 2.45. The van der Waals surface area contributed by atoms with E-state index in [0.717, 1.165) is 16.5 Å². The van der Waals surface area contributed by atoms with Crippen LogP contribution >= 0.6 is 11.6 Å². The fraction of sp³-hybridized carbons (Fsp3) is 0.231. The summed E-state index contributed by atoms with van der Waals surface area (Å²) in [6, 6.07) is 13.3. The highest BCUT2D eigenvalue weighted by atomic mass is 35.5. The van der Waals surface area contributed by atoms with Crippen molar-refractivity contribution < 1.29 is 19.3 Å². The van der Waals surface area contributed by atoms with Gasteiger partial charge < -0.3 is 19.3 Å². The highest BCUT2D eigenvalue weighted by molar-refractivity contribution is 6.30. The van der Waals surface area contributed by atoms with Gasteiger partial charge in [-0.25, -0.2) is 0 Å². The second-order valence-corrected chi connectivity index (χ2v) is 8.11. The van der Waals surface area contributed by atoms with Crippen LogP contribution in [0.5, 0.6) is 23.0 Å². The third kappa shape index (κ3) is 4.26. The van der Waals surface area contributed by atoms with Gasteiger partial charge in [0.1, 0.15) is 17.0 Å². The lowest BCUT2D eigenvalue weighted by Gasteiger charge is -2.24. The molecule has 4 rings (SSSR count). The number of aromatic hydroxyl groups is 1. The monoisotopic (exact) mass is 464 g/mol. The first-order chi connectivity index (χ1) is 16.0. The van der Waals surface area contributed by atoms with Gasteiger partial charge in [0.05, 0.1) is 32.0 Å². The predicted molar refractivity (Wildman–Crippen MR) is 129 cm³/mol. The number of halogens is 1. The van der Waals surface area contributed by atoms with Gasteiger partial charge in [-0.05, 0) is 18.6 Å². The van der Waals surface area contributed by atoms with E-state index in [4.69, 9.17) is 25.8 Å². The highest BCUT2D eigenvalue weighted by Gasteiger charge is 2.27. The lowest BCUT2D eigenvalue weighted by Crippen LogP contribution is -2.11. The summed E-state index contributed by atoms with van der Waals surface area (Å²) in [5.74, 6) is 1.62. The molecule has 0 saturated carbocycles. The van der Waals surface area contributed by atoms with Crippen LogP contribution in [-0.4, -0.2) is 36.4 Å². The molecular weight excluding hydrogens is 440 g/mol. The van der Waals surface area contributed by atoms with Crippen molar-refractivity contribution in [3.8, 4) is 23.0 Å². The molecule has 7 heteroatoms. The van der Waals surface area contributed by atoms with E-state index in [1.54, 1.807) is 39.8 Å². The Bertz CT molecular complexity index is 1310. The summed E-state index contributed by atoms with van der Waals surface area (Å²) < 4.78 is 17.0. The van der Waals surface area contributed by atoms with E-state index in [-0.39, 0.29) is 11.7 Å². The number of benzene rings is 2. The summed E-state index contributed by atoms with van der Waals surface area (Å²) in [5, 5.41) is 12.6. The Balaban J connectivity index is 1.96. The van der Waals surface area contributed by atoms with Gasteiger partial charge in [0.15, 0.2) is 11.5 Å². The molecule has 0 spiro atoms. The van der Waals surface area contributed by atoms with Crippen LogP contribution in [0.2, 0.25) is 5.02 Å². The number of nitrogens with zero attached hydrogens (tertiary/aromatic N) is 2. The molecule has 0 bridgehead atoms. The first kappa shape index (κ1) is 22.7. The van der Waals surface area contributed by atoms with Crippen molar-refractivity contribution in [1.82, 2.24) is 9.97 Å². The van der Waals surface area contributed by atoms with E-state index < -0.39 is 0 Å². The molecule has 6 nitrogen and oxygen atoms in total. The van der Waals surface area contributed by atoms with Crippen molar-refractivity contribution in [3.05, 3.63) is 82.3 Å². The van der Waals surface area contributed by atoms with Gasteiger partial charge in [-0.2, -0.15) is 0 Å². The number of hydrogen-bond donors (Lipinski definition) is 1. The molecule has 0 radical (unpaired) electrons. The van der Waals surface area contributed by atoms with Gasteiger partial charge in [0, 0.05) is 47.3 Å². The average Bonchev–Trinajstić information content (AvgIpc) is 2.84. The van der Waals surface area contributed by atoms with Crippen LogP contribution in [0, 0.1) is 6.92 Å². The topological polar surface area (TPSA) is 73.7 Å². The molecule has 0 fully saturated rings. The standard InChI is InChI=1S/C26H25ClN2O4/c1-15-7-9-19(26(33-4)25(15)32-3)20(13-21-22(31-2)12-17(27)14-29-21)18-10-8-16-6-5-11-28-23(16)24(18)30/h5-12,14,20,30H,13H2,1-4H3. The molecule has 1 N–H and O–H groups in total. The van der Waals surface area contributed by atoms with Crippen molar-refractivity contribution >= 4 is 22.5 Å². The van der Waals surface area contributed by atoms with E-state index in [2.05, 4.69) is 9.97 Å². The predicted octanol–water partition coefficient (Wildman–Crippen LogP) is 5.70. The summed E-state index contributed by atoms with van der Waals surface area (Å²) in [7, 11) is 4.81. The van der Waals surface area contributed by atoms with Crippen LogP contribution in [0.3, 0.4) is 0 Å². The number of fused-ring (bicyclic) bond motifs is 1. The zero-order valence-corrected chi connectivity index (χ0v) is 19.7. The lowest BCUT2D eigenvalue weighted by molar-refractivity contribution is 0.348. The number of hydrogen-bond acceptors (Lipinski definition) is 6. The van der Waals surface area contributed by atoms with Gasteiger partial charge in [-0.3, -0.25) is 9.97 Å². The molecule has 2 heterocycles. The maximum absolute atomic E-state index is 11.3. The maximum atomic E-state index is 11.3. The largest absolute Gasteiger partial charge is 0.505 e. The van der Waals surface area contributed by atoms with E-state index in [9.17, 15) is 5.11 Å². The first-order valence-electron chi connectivity index (χ1n) is 10.4. The van der Waals surface area contributed by atoms with Gasteiger partial charge in [0.2, 0.25) is 0 Å². The molecule has 4 aromatic rings. The Labute approximate surface area is 197 Å². The molecule has 170 valence electrons. The number of pyridine rings is 2. The molecule has 1 atom stereocenters. The molecule has 0 saturated heterocycles. The first-order valence-corrected chi connectivity index (χ1v) is 10.8. The second kappa shape index (κ2) is 9.55. The van der Waals surface area contributed by atoms with Crippen LogP contribution < -0.4 is 14.2 Å². The minimum absolute atomic E-state index is 0.118. The zero-order valence-electron chi connectivity index (χ0n) is 18.9.